The molecule has 0 rings (SSSR count). The van der Waals surface area contributed by atoms with Crippen molar-refractivity contribution in [2.24, 2.45) is 0 Å². The van der Waals surface area contributed by atoms with Crippen LogP contribution in [0.5, 0.6) is 0 Å². The molecule has 0 N–H and O–H groups in total. The Labute approximate surface area is 56.6 Å². The molecule has 0 aliphatic rings. The number of alkyl halides is 2. The zero-order valence-electron chi connectivity index (χ0n) is 3.45. The molecule has 0 spiro atoms. The number of rotatable bonds is 1. The fourth-order valence-corrected chi connectivity index (χ4v) is 0. The number of hydrogen-bond donors (Lipinski definition) is 0. The molecule has 0 saturated carbocycles. The van der Waals surface area contributed by atoms with Crippen LogP contribution in [0.4, 0.5) is 8.78 Å². The molecule has 6 heavy (non-hydrogen) atoms. The fraction of sp³-hybridized carbons (Fsp3) is 1.00. The summed E-state index contributed by atoms with van der Waals surface area (Å²) in [5.41, 5.74) is 0. The second-order valence-electron chi connectivity index (χ2n) is 0.558. The van der Waals surface area contributed by atoms with E-state index in [2.05, 4.69) is 0 Å². The first kappa shape index (κ1) is 9.94. The molecular weight excluding hydrogens is 101 g/mol. The van der Waals surface area contributed by atoms with E-state index in [1.54, 1.807) is 0 Å². The first-order valence-corrected chi connectivity index (χ1v) is 1.13. The van der Waals surface area contributed by atoms with Crippen LogP contribution in [0, 0.1) is 0 Å². The van der Waals surface area contributed by atoms with E-state index in [9.17, 15) is 8.78 Å². The van der Waals surface area contributed by atoms with Crippen molar-refractivity contribution in [1.82, 2.24) is 0 Å². The van der Waals surface area contributed by atoms with Crippen molar-refractivity contribution >= 4 is 0 Å². The van der Waals surface area contributed by atoms with Crippen molar-refractivity contribution in [3.8, 4) is 0 Å². The maximum absolute atomic E-state index is 10.5. The van der Waals surface area contributed by atoms with Crippen LogP contribution in [0.3, 0.4) is 0 Å². The SMILES string of the molecule is [Na+].[O-]CC(F)F. The van der Waals surface area contributed by atoms with E-state index < -0.39 is 13.0 Å². The van der Waals surface area contributed by atoms with Crippen molar-refractivity contribution in [2.75, 3.05) is 6.61 Å². The topological polar surface area (TPSA) is 23.1 Å². The molecule has 0 aromatic carbocycles. The molecule has 4 heteroatoms. The second kappa shape index (κ2) is 5.82. The van der Waals surface area contributed by atoms with Crippen molar-refractivity contribution in [1.29, 1.82) is 0 Å². The Morgan fingerprint density at radius 3 is 1.67 bits per heavy atom. The van der Waals surface area contributed by atoms with Crippen LogP contribution in [0.2, 0.25) is 0 Å². The molecule has 0 fully saturated rings. The third-order valence-corrected chi connectivity index (χ3v) is 0.126. The average Bonchev–Trinajstić information content (AvgIpc) is 1.38. The normalized spacial score (nSPS) is 8.00. The standard InChI is InChI=1S/C2H3F2O.Na/c3-2(4)1-5;/h2H,1H2;/q-1;+1. The summed E-state index contributed by atoms with van der Waals surface area (Å²) in [5, 5.41) is 8.88. The van der Waals surface area contributed by atoms with Crippen LogP contribution in [-0.2, 0) is 0 Å². The maximum Gasteiger partial charge on any atom is 1.00 e. The van der Waals surface area contributed by atoms with E-state index in [-0.39, 0.29) is 29.6 Å². The van der Waals surface area contributed by atoms with Gasteiger partial charge in [0.05, 0.1) is 0 Å². The molecule has 1 nitrogen and oxygen atoms in total. The average molecular weight is 104 g/mol. The van der Waals surface area contributed by atoms with Crippen molar-refractivity contribution in [3.05, 3.63) is 0 Å². The molecular formula is C2H3F2NaO. The van der Waals surface area contributed by atoms with Crippen LogP contribution in [0.25, 0.3) is 0 Å². The van der Waals surface area contributed by atoms with Gasteiger partial charge in [-0.3, -0.25) is 0 Å². The Morgan fingerprint density at radius 2 is 1.67 bits per heavy atom. The summed E-state index contributed by atoms with van der Waals surface area (Å²) in [5.74, 6) is 0. The van der Waals surface area contributed by atoms with Crippen LogP contribution in [-0.4, -0.2) is 13.0 Å². The Balaban J connectivity index is 0. The first-order valence-electron chi connectivity index (χ1n) is 1.13. The summed E-state index contributed by atoms with van der Waals surface area (Å²) in [6.45, 7) is -1.28. The van der Waals surface area contributed by atoms with Gasteiger partial charge in [-0.25, -0.2) is 8.78 Å². The van der Waals surface area contributed by atoms with Crippen LogP contribution in [0.1, 0.15) is 0 Å². The van der Waals surface area contributed by atoms with Gasteiger partial charge < -0.3 is 5.11 Å². The fourth-order valence-electron chi connectivity index (χ4n) is 0. The van der Waals surface area contributed by atoms with Crippen LogP contribution < -0.4 is 34.7 Å². The quantitative estimate of drug-likeness (QED) is 0.318. The molecule has 0 aliphatic carbocycles. The molecule has 0 saturated heterocycles. The zero-order valence-corrected chi connectivity index (χ0v) is 5.45. The predicted octanol–water partition coefficient (Wildman–Crippen LogP) is -3.38. The molecule has 0 aromatic rings. The van der Waals surface area contributed by atoms with E-state index >= 15 is 0 Å². The molecule has 0 aliphatic heterocycles. The maximum atomic E-state index is 10.5. The van der Waals surface area contributed by atoms with Gasteiger partial charge in [-0.05, 0) is 0 Å². The smallest absolute Gasteiger partial charge is 0.850 e. The largest absolute Gasteiger partial charge is 1.00 e. The van der Waals surface area contributed by atoms with Crippen LogP contribution in [0.15, 0.2) is 0 Å². The minimum atomic E-state index is -2.67. The third-order valence-electron chi connectivity index (χ3n) is 0.126. The predicted molar refractivity (Wildman–Crippen MR) is 10.9 cm³/mol. The van der Waals surface area contributed by atoms with Gasteiger partial charge in [-0.1, -0.05) is 6.61 Å². The monoisotopic (exact) mass is 104 g/mol. The number of hydrogen-bond acceptors (Lipinski definition) is 1. The molecule has 32 valence electrons. The minimum absolute atomic E-state index is 0. The van der Waals surface area contributed by atoms with Gasteiger partial charge in [-0.2, -0.15) is 0 Å². The molecule has 0 atom stereocenters. The van der Waals surface area contributed by atoms with Gasteiger partial charge in [0.25, 0.3) is 0 Å². The molecule has 0 unspecified atom stereocenters. The van der Waals surface area contributed by atoms with E-state index in [0.29, 0.717) is 0 Å². The molecule has 0 aromatic heterocycles. The molecule has 0 amide bonds. The summed E-state index contributed by atoms with van der Waals surface area (Å²) < 4.78 is 20.9. The molecule has 0 bridgehead atoms. The van der Waals surface area contributed by atoms with Gasteiger partial charge in [-0.15, -0.1) is 0 Å². The zero-order chi connectivity index (χ0) is 4.28. The van der Waals surface area contributed by atoms with Crippen molar-refractivity contribution in [3.63, 3.8) is 0 Å². The van der Waals surface area contributed by atoms with E-state index in [1.807, 2.05) is 0 Å². The summed E-state index contributed by atoms with van der Waals surface area (Å²) in [6.07, 6.45) is -2.67. The summed E-state index contributed by atoms with van der Waals surface area (Å²) >= 11 is 0. The number of halogens is 2. The van der Waals surface area contributed by atoms with Gasteiger partial charge >= 0.3 is 29.6 Å². The third kappa shape index (κ3) is 8.84. The Bertz CT molecular complexity index is 25.5. The summed E-state index contributed by atoms with van der Waals surface area (Å²) in [4.78, 5) is 0. The van der Waals surface area contributed by atoms with Crippen LogP contribution >= 0.6 is 0 Å². The van der Waals surface area contributed by atoms with E-state index in [1.165, 1.54) is 0 Å². The summed E-state index contributed by atoms with van der Waals surface area (Å²) in [6, 6.07) is 0. The molecule has 0 heterocycles. The first-order chi connectivity index (χ1) is 2.27. The Morgan fingerprint density at radius 1 is 1.50 bits per heavy atom. The van der Waals surface area contributed by atoms with E-state index in [0.717, 1.165) is 0 Å². The Hall–Kier alpha value is 0.820. The molecule has 0 radical (unpaired) electrons. The van der Waals surface area contributed by atoms with Gasteiger partial charge in [0, 0.05) is 0 Å². The van der Waals surface area contributed by atoms with Crippen molar-refractivity contribution in [2.45, 2.75) is 6.43 Å². The van der Waals surface area contributed by atoms with E-state index in [4.69, 9.17) is 5.11 Å². The van der Waals surface area contributed by atoms with Gasteiger partial charge in [0.15, 0.2) is 0 Å². The Kier molecular flexibility index (Phi) is 9.65. The van der Waals surface area contributed by atoms with Gasteiger partial charge in [0.2, 0.25) is 6.43 Å². The second-order valence-corrected chi connectivity index (χ2v) is 0.558. The van der Waals surface area contributed by atoms with Crippen molar-refractivity contribution < 1.29 is 43.4 Å². The minimum Gasteiger partial charge on any atom is -0.850 e. The van der Waals surface area contributed by atoms with Gasteiger partial charge in [0.1, 0.15) is 0 Å². The summed E-state index contributed by atoms with van der Waals surface area (Å²) in [7, 11) is 0.